The Morgan fingerprint density at radius 2 is 2.03 bits per heavy atom. The first-order valence-corrected chi connectivity index (χ1v) is 12.0. The summed E-state index contributed by atoms with van der Waals surface area (Å²) in [7, 11) is 3.77. The zero-order valence-corrected chi connectivity index (χ0v) is 20.2. The van der Waals surface area contributed by atoms with E-state index in [1.165, 1.54) is 33.4 Å². The van der Waals surface area contributed by atoms with Gasteiger partial charge in [-0.25, -0.2) is 0 Å². The molecule has 32 heavy (non-hydrogen) atoms. The predicted molar refractivity (Wildman–Crippen MR) is 133 cm³/mol. The van der Waals surface area contributed by atoms with Gasteiger partial charge in [-0.05, 0) is 36.6 Å². The molecule has 0 amide bonds. The monoisotopic (exact) mass is 487 g/mol. The number of carbonyl (C=O) groups is 1. The topological polar surface area (TPSA) is 72.2 Å². The summed E-state index contributed by atoms with van der Waals surface area (Å²) in [5.74, 6) is 1.10. The number of anilines is 2. The molecule has 0 radical (unpaired) electrons. The van der Waals surface area contributed by atoms with Gasteiger partial charge in [0.2, 0.25) is 0 Å². The molecule has 0 aliphatic carbocycles. The number of halogens is 1. The molecule has 0 fully saturated rings. The molecule has 0 aliphatic heterocycles. The van der Waals surface area contributed by atoms with Crippen LogP contribution < -0.4 is 15.8 Å². The molecule has 0 spiro atoms. The first kappa shape index (κ1) is 22.3. The molecule has 0 bridgehead atoms. The fraction of sp³-hybridized carbons (Fsp3) is 0.227. The number of carbonyl (C=O) groups excluding carboxylic acids is 1. The molecule has 4 aromatic heterocycles. The maximum absolute atomic E-state index is 13.2. The molecule has 10 heteroatoms. The number of pyridine rings is 1. The third kappa shape index (κ3) is 4.36. The van der Waals surface area contributed by atoms with Crippen molar-refractivity contribution in [2.24, 2.45) is 0 Å². The van der Waals surface area contributed by atoms with Gasteiger partial charge in [0.15, 0.2) is 0 Å². The van der Waals surface area contributed by atoms with Crippen molar-refractivity contribution in [1.82, 2.24) is 14.3 Å². The summed E-state index contributed by atoms with van der Waals surface area (Å²) >= 11 is 8.90. The van der Waals surface area contributed by atoms with E-state index in [1.807, 2.05) is 55.6 Å². The van der Waals surface area contributed by atoms with Crippen LogP contribution in [0, 0.1) is 0 Å². The Hall–Kier alpha value is -2.88. The van der Waals surface area contributed by atoms with Crippen LogP contribution in [-0.2, 0) is 13.1 Å². The van der Waals surface area contributed by atoms with Crippen molar-refractivity contribution in [2.75, 3.05) is 24.3 Å². The predicted octanol–water partition coefficient (Wildman–Crippen LogP) is 4.87. The highest BCUT2D eigenvalue weighted by Crippen LogP contribution is 2.31. The number of hydrogen-bond donors (Lipinski definition) is 1. The van der Waals surface area contributed by atoms with Crippen LogP contribution in [0.4, 0.5) is 11.6 Å². The Kier molecular flexibility index (Phi) is 6.50. The number of nitrogens with one attached hydrogen (secondary N) is 1. The molecule has 7 nitrogen and oxygen atoms in total. The fourth-order valence-electron chi connectivity index (χ4n) is 3.48. The summed E-state index contributed by atoms with van der Waals surface area (Å²) in [6, 6.07) is 12.5. The Bertz CT molecular complexity index is 1300. The standard InChI is InChI=1S/C22H22ClN5O2S2/c1-4-27-20(29)10-8-15(21(27)26(2)3)16-12-19(24-13-14-7-9-18(23)32-14)28(25-16)22(30)17-6-5-11-31-17/h5-12,24H,4,13H2,1-3H3. The maximum atomic E-state index is 13.2. The lowest BCUT2D eigenvalue weighted by Crippen LogP contribution is -2.26. The van der Waals surface area contributed by atoms with Gasteiger partial charge in [0.05, 0.1) is 21.5 Å². The van der Waals surface area contributed by atoms with E-state index in [0.717, 1.165) is 16.3 Å². The number of aromatic nitrogens is 3. The van der Waals surface area contributed by atoms with Gasteiger partial charge in [-0.2, -0.15) is 9.78 Å². The second-order valence-electron chi connectivity index (χ2n) is 7.22. The van der Waals surface area contributed by atoms with Gasteiger partial charge in [0, 0.05) is 43.2 Å². The van der Waals surface area contributed by atoms with E-state index in [1.54, 1.807) is 16.7 Å². The van der Waals surface area contributed by atoms with Crippen LogP contribution in [0.25, 0.3) is 11.3 Å². The third-order valence-corrected chi connectivity index (χ3v) is 6.97. The van der Waals surface area contributed by atoms with E-state index < -0.39 is 0 Å². The quantitative estimate of drug-likeness (QED) is 0.402. The highest BCUT2D eigenvalue weighted by molar-refractivity contribution is 7.16. The van der Waals surface area contributed by atoms with Crippen molar-refractivity contribution in [1.29, 1.82) is 0 Å². The lowest BCUT2D eigenvalue weighted by molar-refractivity contribution is 0.0952. The first-order chi connectivity index (χ1) is 15.4. The van der Waals surface area contributed by atoms with Gasteiger partial charge in [-0.15, -0.1) is 22.7 Å². The molecular formula is C22H22ClN5O2S2. The second kappa shape index (κ2) is 9.32. The van der Waals surface area contributed by atoms with E-state index in [-0.39, 0.29) is 11.5 Å². The van der Waals surface area contributed by atoms with Crippen LogP contribution in [0.15, 0.2) is 52.6 Å². The molecule has 0 aromatic carbocycles. The summed E-state index contributed by atoms with van der Waals surface area (Å²) in [5, 5.41) is 9.83. The summed E-state index contributed by atoms with van der Waals surface area (Å²) in [6.45, 7) is 2.96. The van der Waals surface area contributed by atoms with Gasteiger partial charge in [-0.1, -0.05) is 17.7 Å². The van der Waals surface area contributed by atoms with E-state index in [4.69, 9.17) is 11.6 Å². The summed E-state index contributed by atoms with van der Waals surface area (Å²) in [6.07, 6.45) is 0. The average Bonchev–Trinajstić information content (AvgIpc) is 3.52. The summed E-state index contributed by atoms with van der Waals surface area (Å²) < 4.78 is 3.79. The first-order valence-electron chi connectivity index (χ1n) is 9.97. The van der Waals surface area contributed by atoms with Crippen molar-refractivity contribution in [3.63, 3.8) is 0 Å². The summed E-state index contributed by atoms with van der Waals surface area (Å²) in [5.41, 5.74) is 1.30. The van der Waals surface area contributed by atoms with E-state index in [0.29, 0.717) is 33.8 Å². The Balaban J connectivity index is 1.80. The summed E-state index contributed by atoms with van der Waals surface area (Å²) in [4.78, 5) is 29.1. The molecule has 4 rings (SSSR count). The number of rotatable bonds is 7. The third-order valence-electron chi connectivity index (χ3n) is 4.88. The molecule has 0 saturated heterocycles. The minimum Gasteiger partial charge on any atom is -0.365 e. The van der Waals surface area contributed by atoms with Crippen LogP contribution in [-0.4, -0.2) is 34.4 Å². The highest BCUT2D eigenvalue weighted by Gasteiger charge is 2.21. The highest BCUT2D eigenvalue weighted by atomic mass is 35.5. The number of nitrogens with zero attached hydrogens (tertiary/aromatic N) is 4. The van der Waals surface area contributed by atoms with Crippen molar-refractivity contribution in [2.45, 2.75) is 20.0 Å². The molecule has 0 aliphatic rings. The van der Waals surface area contributed by atoms with Crippen molar-refractivity contribution in [3.05, 3.63) is 72.3 Å². The number of thiophene rings is 2. The van der Waals surface area contributed by atoms with E-state index in [2.05, 4.69) is 10.4 Å². The largest absolute Gasteiger partial charge is 0.365 e. The number of hydrogen-bond acceptors (Lipinski definition) is 7. The van der Waals surface area contributed by atoms with E-state index >= 15 is 0 Å². The normalized spacial score (nSPS) is 11.0. The zero-order valence-electron chi connectivity index (χ0n) is 17.8. The molecule has 1 N–H and O–H groups in total. The smallest absolute Gasteiger partial charge is 0.290 e. The van der Waals surface area contributed by atoms with Crippen molar-refractivity contribution >= 4 is 51.8 Å². The molecule has 0 saturated carbocycles. The van der Waals surface area contributed by atoms with Crippen LogP contribution in [0.3, 0.4) is 0 Å². The maximum Gasteiger partial charge on any atom is 0.290 e. The van der Waals surface area contributed by atoms with Crippen LogP contribution in [0.1, 0.15) is 21.5 Å². The van der Waals surface area contributed by atoms with Crippen LogP contribution in [0.2, 0.25) is 4.34 Å². The van der Waals surface area contributed by atoms with Gasteiger partial charge < -0.3 is 10.2 Å². The zero-order chi connectivity index (χ0) is 22.8. The lowest BCUT2D eigenvalue weighted by Gasteiger charge is -2.21. The fourth-order valence-corrected chi connectivity index (χ4v) is 5.15. The SMILES string of the molecule is CCn1c(N(C)C)c(-c2cc(NCc3ccc(Cl)s3)n(C(=O)c3cccs3)n2)ccc1=O. The van der Waals surface area contributed by atoms with Crippen LogP contribution in [0.5, 0.6) is 0 Å². The van der Waals surface area contributed by atoms with Gasteiger partial charge in [0.25, 0.3) is 11.5 Å². The Morgan fingerprint density at radius 3 is 2.66 bits per heavy atom. The van der Waals surface area contributed by atoms with E-state index in [9.17, 15) is 9.59 Å². The van der Waals surface area contributed by atoms with Crippen molar-refractivity contribution in [3.8, 4) is 11.3 Å². The Morgan fingerprint density at radius 1 is 1.22 bits per heavy atom. The minimum atomic E-state index is -0.215. The molecule has 4 aromatic rings. The molecule has 0 atom stereocenters. The van der Waals surface area contributed by atoms with Gasteiger partial charge >= 0.3 is 0 Å². The Labute approximate surface area is 198 Å². The molecule has 4 heterocycles. The average molecular weight is 488 g/mol. The molecular weight excluding hydrogens is 466 g/mol. The lowest BCUT2D eigenvalue weighted by atomic mass is 10.1. The molecule has 166 valence electrons. The minimum absolute atomic E-state index is 0.0815. The van der Waals surface area contributed by atoms with Crippen molar-refractivity contribution < 1.29 is 4.79 Å². The molecule has 0 unspecified atom stereocenters. The second-order valence-corrected chi connectivity index (χ2v) is 9.96. The van der Waals surface area contributed by atoms with Gasteiger partial charge in [0.1, 0.15) is 11.6 Å². The van der Waals surface area contributed by atoms with Crippen LogP contribution >= 0.6 is 34.3 Å². The van der Waals surface area contributed by atoms with Gasteiger partial charge in [-0.3, -0.25) is 14.2 Å².